The van der Waals surface area contributed by atoms with Crippen LogP contribution in [0.25, 0.3) is 6.08 Å². The fraction of sp³-hybridized carbons (Fsp3) is 0.375. The van der Waals surface area contributed by atoms with Gasteiger partial charge in [0.1, 0.15) is 0 Å². The average Bonchev–Trinajstić information content (AvgIpc) is 2.86. The zero-order valence-corrected chi connectivity index (χ0v) is 20.6. The fourth-order valence-electron chi connectivity index (χ4n) is 3.99. The van der Waals surface area contributed by atoms with Crippen LogP contribution in [0.1, 0.15) is 72.9 Å². The number of unbranched alkanes of at least 4 members (excludes halogenated alkanes) is 2. The first-order chi connectivity index (χ1) is 16.3. The van der Waals surface area contributed by atoms with E-state index in [4.69, 9.17) is 4.74 Å². The zero-order chi connectivity index (χ0) is 23.1. The van der Waals surface area contributed by atoms with E-state index < -0.39 is 0 Å². The van der Waals surface area contributed by atoms with Crippen molar-refractivity contribution in [3.63, 3.8) is 0 Å². The molecule has 0 N–H and O–H groups in total. The molecule has 0 amide bonds. The van der Waals surface area contributed by atoms with Crippen molar-refractivity contribution >= 4 is 6.08 Å². The lowest BCUT2D eigenvalue weighted by molar-refractivity contribution is 0.117. The number of rotatable bonds is 14. The van der Waals surface area contributed by atoms with Crippen LogP contribution in [0.15, 0.2) is 78.9 Å². The van der Waals surface area contributed by atoms with Crippen LogP contribution in [0.5, 0.6) is 0 Å². The Hall–Kier alpha value is -2.64. The van der Waals surface area contributed by atoms with E-state index in [1.54, 1.807) is 0 Å². The maximum Gasteiger partial charge on any atom is 0.0719 e. The normalized spacial score (nSPS) is 11.3. The predicted molar refractivity (Wildman–Crippen MR) is 143 cm³/mol. The smallest absolute Gasteiger partial charge is 0.0719 e. The summed E-state index contributed by atoms with van der Waals surface area (Å²) in [5, 5.41) is 0. The highest BCUT2D eigenvalue weighted by Gasteiger charge is 2.04. The van der Waals surface area contributed by atoms with E-state index in [9.17, 15) is 0 Å². The fourth-order valence-corrected chi connectivity index (χ4v) is 3.99. The minimum atomic E-state index is 0.727. The third-order valence-electron chi connectivity index (χ3n) is 6.17. The molecule has 3 rings (SSSR count). The molecule has 33 heavy (non-hydrogen) atoms. The molecule has 0 fully saturated rings. The number of aryl methyl sites for hydroxylation is 4. The summed E-state index contributed by atoms with van der Waals surface area (Å²) in [5.41, 5.74) is 8.26. The van der Waals surface area contributed by atoms with Crippen LogP contribution >= 0.6 is 0 Å². The van der Waals surface area contributed by atoms with Gasteiger partial charge in [0.2, 0.25) is 0 Å². The summed E-state index contributed by atoms with van der Waals surface area (Å²) in [4.78, 5) is 0. The number of hydrogen-bond acceptors (Lipinski definition) is 1. The Balaban J connectivity index is 1.46. The molecule has 0 spiro atoms. The van der Waals surface area contributed by atoms with E-state index in [0.29, 0.717) is 0 Å². The van der Waals surface area contributed by atoms with Gasteiger partial charge in [0.15, 0.2) is 0 Å². The number of hydrogen-bond donors (Lipinski definition) is 0. The van der Waals surface area contributed by atoms with Gasteiger partial charge in [-0.1, -0.05) is 112 Å². The van der Waals surface area contributed by atoms with Crippen molar-refractivity contribution in [3.05, 3.63) is 112 Å². The Labute approximate surface area is 201 Å². The maximum atomic E-state index is 5.86. The van der Waals surface area contributed by atoms with Crippen LogP contribution in [-0.2, 0) is 37.0 Å². The van der Waals surface area contributed by atoms with E-state index in [-0.39, 0.29) is 0 Å². The maximum absolute atomic E-state index is 5.86. The van der Waals surface area contributed by atoms with Crippen LogP contribution in [-0.4, -0.2) is 6.61 Å². The Morgan fingerprint density at radius 2 is 1.21 bits per heavy atom. The largest absolute Gasteiger partial charge is 0.377 e. The summed E-state index contributed by atoms with van der Waals surface area (Å²) in [6.07, 6.45) is 13.5. The highest BCUT2D eigenvalue weighted by molar-refractivity contribution is 5.49. The minimum absolute atomic E-state index is 0.727. The molecular formula is C32H40O. The van der Waals surface area contributed by atoms with Gasteiger partial charge in [0.25, 0.3) is 0 Å². The van der Waals surface area contributed by atoms with Crippen LogP contribution < -0.4 is 0 Å². The van der Waals surface area contributed by atoms with Gasteiger partial charge in [-0.25, -0.2) is 0 Å². The first-order valence-corrected chi connectivity index (χ1v) is 12.8. The molecule has 1 heteroatoms. The molecule has 0 aromatic heterocycles. The Morgan fingerprint density at radius 1 is 0.636 bits per heavy atom. The van der Waals surface area contributed by atoms with Gasteiger partial charge in [-0.05, 0) is 71.9 Å². The average molecular weight is 441 g/mol. The quantitative estimate of drug-likeness (QED) is 0.229. The number of allylic oxidation sites excluding steroid dienone is 1. The van der Waals surface area contributed by atoms with Gasteiger partial charge >= 0.3 is 0 Å². The number of benzene rings is 3. The van der Waals surface area contributed by atoms with E-state index in [0.717, 1.165) is 51.7 Å². The van der Waals surface area contributed by atoms with E-state index in [1.807, 2.05) is 0 Å². The molecule has 0 aliphatic carbocycles. The van der Waals surface area contributed by atoms with Crippen molar-refractivity contribution < 1.29 is 4.74 Å². The third kappa shape index (κ3) is 9.02. The lowest BCUT2D eigenvalue weighted by atomic mass is 9.98. The first-order valence-electron chi connectivity index (χ1n) is 12.8. The summed E-state index contributed by atoms with van der Waals surface area (Å²) < 4.78 is 5.86. The van der Waals surface area contributed by atoms with Crippen molar-refractivity contribution in [1.82, 2.24) is 0 Å². The van der Waals surface area contributed by atoms with E-state index in [2.05, 4.69) is 98.8 Å². The second-order valence-electron chi connectivity index (χ2n) is 8.92. The van der Waals surface area contributed by atoms with Crippen molar-refractivity contribution in [1.29, 1.82) is 0 Å². The standard InChI is InChI=1S/C32H40O/c1-3-5-7-10-27-13-15-28(16-14-27)17-18-29-19-21-30(22-20-29)23-24-31-11-8-9-12-32(31)26-33-25-6-4-2/h7-16,19-22H,3-6,17-18,23-26H2,1-2H3. The molecule has 3 aromatic carbocycles. The molecule has 0 saturated heterocycles. The van der Waals surface area contributed by atoms with Gasteiger partial charge in [-0.15, -0.1) is 0 Å². The molecule has 0 saturated carbocycles. The molecule has 0 heterocycles. The van der Waals surface area contributed by atoms with Gasteiger partial charge in [-0.3, -0.25) is 0 Å². The highest BCUT2D eigenvalue weighted by Crippen LogP contribution is 2.16. The highest BCUT2D eigenvalue weighted by atomic mass is 16.5. The summed E-state index contributed by atoms with van der Waals surface area (Å²) in [7, 11) is 0. The Morgan fingerprint density at radius 3 is 1.82 bits per heavy atom. The van der Waals surface area contributed by atoms with E-state index in [1.165, 1.54) is 46.2 Å². The third-order valence-corrected chi connectivity index (χ3v) is 6.17. The van der Waals surface area contributed by atoms with Crippen molar-refractivity contribution in [2.45, 2.75) is 71.8 Å². The molecule has 174 valence electrons. The molecule has 0 aliphatic heterocycles. The zero-order valence-electron chi connectivity index (χ0n) is 20.6. The van der Waals surface area contributed by atoms with Crippen LogP contribution in [0.2, 0.25) is 0 Å². The van der Waals surface area contributed by atoms with E-state index >= 15 is 0 Å². The van der Waals surface area contributed by atoms with Crippen molar-refractivity contribution in [2.24, 2.45) is 0 Å². The lowest BCUT2D eigenvalue weighted by Crippen LogP contribution is -2.01. The number of ether oxygens (including phenoxy) is 1. The summed E-state index contributed by atoms with van der Waals surface area (Å²) in [6, 6.07) is 26.9. The second-order valence-corrected chi connectivity index (χ2v) is 8.92. The van der Waals surface area contributed by atoms with Crippen molar-refractivity contribution in [2.75, 3.05) is 6.61 Å². The van der Waals surface area contributed by atoms with Crippen LogP contribution in [0.4, 0.5) is 0 Å². The second kappa shape index (κ2) is 14.5. The van der Waals surface area contributed by atoms with Crippen molar-refractivity contribution in [3.8, 4) is 0 Å². The molecule has 0 unspecified atom stereocenters. The summed E-state index contributed by atoms with van der Waals surface area (Å²) in [6.45, 7) is 6.00. The Kier molecular flexibility index (Phi) is 11.0. The van der Waals surface area contributed by atoms with Gasteiger partial charge < -0.3 is 4.74 Å². The molecule has 0 bridgehead atoms. The van der Waals surface area contributed by atoms with Gasteiger partial charge in [-0.2, -0.15) is 0 Å². The first kappa shape index (κ1) is 25.0. The lowest BCUT2D eigenvalue weighted by Gasteiger charge is -2.11. The summed E-state index contributed by atoms with van der Waals surface area (Å²) >= 11 is 0. The monoisotopic (exact) mass is 440 g/mol. The van der Waals surface area contributed by atoms with Crippen LogP contribution in [0, 0.1) is 0 Å². The molecule has 3 aromatic rings. The molecule has 0 atom stereocenters. The molecule has 0 aliphatic rings. The SMILES string of the molecule is CCCC=Cc1ccc(CCc2ccc(CCc3ccccc3COCCCC)cc2)cc1. The van der Waals surface area contributed by atoms with Crippen LogP contribution in [0.3, 0.4) is 0 Å². The van der Waals surface area contributed by atoms with Gasteiger partial charge in [0.05, 0.1) is 6.61 Å². The molecular weight excluding hydrogens is 400 g/mol. The van der Waals surface area contributed by atoms with Gasteiger partial charge in [0, 0.05) is 6.61 Å². The minimum Gasteiger partial charge on any atom is -0.377 e. The summed E-state index contributed by atoms with van der Waals surface area (Å²) in [5.74, 6) is 0. The predicted octanol–water partition coefficient (Wildman–Crippen LogP) is 8.39. The topological polar surface area (TPSA) is 9.23 Å². The molecule has 1 nitrogen and oxygen atoms in total. The Bertz CT molecular complexity index is 951. The molecule has 0 radical (unpaired) electrons.